The Morgan fingerprint density at radius 1 is 1.18 bits per heavy atom. The van der Waals surface area contributed by atoms with Gasteiger partial charge < -0.3 is 14.5 Å². The molecule has 1 aromatic rings. The lowest BCUT2D eigenvalue weighted by molar-refractivity contribution is 0.101. The molecule has 0 aliphatic carbocycles. The maximum atomic E-state index is 11.7. The van der Waals surface area contributed by atoms with Gasteiger partial charge in [-0.2, -0.15) is 0 Å². The zero-order valence-electron chi connectivity index (χ0n) is 14.1. The molecule has 1 spiro atoms. The van der Waals surface area contributed by atoms with E-state index in [4.69, 9.17) is 4.74 Å². The van der Waals surface area contributed by atoms with Crippen molar-refractivity contribution in [3.8, 4) is 0 Å². The van der Waals surface area contributed by atoms with Crippen molar-refractivity contribution in [2.45, 2.75) is 44.6 Å². The fourth-order valence-corrected chi connectivity index (χ4v) is 3.90. The molecule has 0 atom stereocenters. The lowest BCUT2D eigenvalue weighted by Gasteiger charge is -2.41. The van der Waals surface area contributed by atoms with Gasteiger partial charge in [-0.15, -0.1) is 0 Å². The van der Waals surface area contributed by atoms with Gasteiger partial charge in [0.1, 0.15) is 0 Å². The lowest BCUT2D eigenvalue weighted by atomic mass is 9.74. The molecular formula is C18H26N2O2. The standard InChI is InChI=1S/C18H26N2O2/c1-17(2,3)20-13-18(14-7-5-6-8-15(14)20)9-11-19(12-10-18)16(21)22-4/h5-8H,9-13H2,1-4H3. The highest BCUT2D eigenvalue weighted by molar-refractivity contribution is 5.68. The van der Waals surface area contributed by atoms with Crippen LogP contribution in [0.2, 0.25) is 0 Å². The van der Waals surface area contributed by atoms with E-state index in [1.54, 1.807) is 0 Å². The number of amides is 1. The summed E-state index contributed by atoms with van der Waals surface area (Å²) in [5.41, 5.74) is 3.10. The van der Waals surface area contributed by atoms with E-state index in [9.17, 15) is 4.79 Å². The maximum Gasteiger partial charge on any atom is 0.409 e. The minimum Gasteiger partial charge on any atom is -0.453 e. The molecule has 2 aliphatic heterocycles. The van der Waals surface area contributed by atoms with Crippen molar-refractivity contribution >= 4 is 11.8 Å². The second-order valence-electron chi connectivity index (χ2n) is 7.51. The quantitative estimate of drug-likeness (QED) is 0.736. The average Bonchev–Trinajstić information content (AvgIpc) is 2.83. The minimum absolute atomic E-state index is 0.110. The van der Waals surface area contributed by atoms with Crippen molar-refractivity contribution < 1.29 is 9.53 Å². The third kappa shape index (κ3) is 2.34. The van der Waals surface area contributed by atoms with Gasteiger partial charge in [0.2, 0.25) is 0 Å². The van der Waals surface area contributed by atoms with E-state index in [1.807, 2.05) is 4.90 Å². The van der Waals surface area contributed by atoms with Gasteiger partial charge in [-0.05, 0) is 45.2 Å². The molecule has 22 heavy (non-hydrogen) atoms. The molecule has 1 aromatic carbocycles. The van der Waals surface area contributed by atoms with Gasteiger partial charge in [0.25, 0.3) is 0 Å². The number of carbonyl (C=O) groups is 1. The van der Waals surface area contributed by atoms with Crippen molar-refractivity contribution in [1.29, 1.82) is 0 Å². The highest BCUT2D eigenvalue weighted by Gasteiger charge is 2.47. The van der Waals surface area contributed by atoms with Crippen molar-refractivity contribution in [3.63, 3.8) is 0 Å². The average molecular weight is 302 g/mol. The first-order valence-electron chi connectivity index (χ1n) is 8.07. The molecule has 2 heterocycles. The van der Waals surface area contributed by atoms with Gasteiger partial charge in [0.05, 0.1) is 7.11 Å². The summed E-state index contributed by atoms with van der Waals surface area (Å²) in [5, 5.41) is 0. The van der Waals surface area contributed by atoms with Crippen LogP contribution in [-0.4, -0.2) is 43.3 Å². The van der Waals surface area contributed by atoms with E-state index in [-0.39, 0.29) is 17.0 Å². The van der Waals surface area contributed by atoms with Gasteiger partial charge in [-0.1, -0.05) is 18.2 Å². The first-order valence-corrected chi connectivity index (χ1v) is 8.07. The van der Waals surface area contributed by atoms with Crippen molar-refractivity contribution in [2.24, 2.45) is 0 Å². The summed E-state index contributed by atoms with van der Waals surface area (Å²) in [7, 11) is 1.46. The fourth-order valence-electron chi connectivity index (χ4n) is 3.90. The first-order chi connectivity index (χ1) is 10.4. The Hall–Kier alpha value is -1.71. The van der Waals surface area contributed by atoms with Crippen LogP contribution in [0.15, 0.2) is 24.3 Å². The predicted octanol–water partition coefficient (Wildman–Crippen LogP) is 3.41. The summed E-state index contributed by atoms with van der Waals surface area (Å²) >= 11 is 0. The maximum absolute atomic E-state index is 11.7. The molecule has 1 saturated heterocycles. The highest BCUT2D eigenvalue weighted by atomic mass is 16.5. The number of benzene rings is 1. The monoisotopic (exact) mass is 302 g/mol. The van der Waals surface area contributed by atoms with E-state index in [0.717, 1.165) is 32.5 Å². The molecule has 2 aliphatic rings. The number of para-hydroxylation sites is 1. The SMILES string of the molecule is COC(=O)N1CCC2(CC1)CN(C(C)(C)C)c1ccccc12. The molecule has 0 bridgehead atoms. The Balaban J connectivity index is 1.89. The van der Waals surface area contributed by atoms with E-state index in [0.29, 0.717) is 0 Å². The number of ether oxygens (including phenoxy) is 1. The summed E-state index contributed by atoms with van der Waals surface area (Å²) in [6.07, 6.45) is 1.81. The predicted molar refractivity (Wildman–Crippen MR) is 88.4 cm³/mol. The first kappa shape index (κ1) is 15.2. The molecule has 1 fully saturated rings. The van der Waals surface area contributed by atoms with Crippen LogP contribution in [0, 0.1) is 0 Å². The molecule has 0 unspecified atom stereocenters. The van der Waals surface area contributed by atoms with Gasteiger partial charge in [0, 0.05) is 36.3 Å². The van der Waals surface area contributed by atoms with Crippen LogP contribution in [0.4, 0.5) is 10.5 Å². The van der Waals surface area contributed by atoms with E-state index in [1.165, 1.54) is 18.4 Å². The van der Waals surface area contributed by atoms with Gasteiger partial charge in [0.15, 0.2) is 0 Å². The molecule has 1 amide bonds. The Bertz CT molecular complexity index is 569. The number of rotatable bonds is 0. The summed E-state index contributed by atoms with van der Waals surface area (Å²) in [5.74, 6) is 0. The minimum atomic E-state index is -0.200. The summed E-state index contributed by atoms with van der Waals surface area (Å²) < 4.78 is 4.86. The number of methoxy groups -OCH3 is 1. The van der Waals surface area contributed by atoms with Crippen LogP contribution in [0.1, 0.15) is 39.2 Å². The Morgan fingerprint density at radius 3 is 2.41 bits per heavy atom. The van der Waals surface area contributed by atoms with Gasteiger partial charge in [-0.25, -0.2) is 4.79 Å². The number of anilines is 1. The number of piperidine rings is 1. The topological polar surface area (TPSA) is 32.8 Å². The van der Waals surface area contributed by atoms with Gasteiger partial charge in [-0.3, -0.25) is 0 Å². The number of nitrogens with zero attached hydrogens (tertiary/aromatic N) is 2. The number of fused-ring (bicyclic) bond motifs is 2. The summed E-state index contributed by atoms with van der Waals surface area (Å²) in [6.45, 7) is 9.41. The summed E-state index contributed by atoms with van der Waals surface area (Å²) in [6, 6.07) is 8.77. The highest BCUT2D eigenvalue weighted by Crippen LogP contribution is 2.49. The van der Waals surface area contributed by atoms with Crippen molar-refractivity contribution in [3.05, 3.63) is 29.8 Å². The molecule has 0 N–H and O–H groups in total. The number of carbonyl (C=O) groups excluding carboxylic acids is 1. The molecule has 4 heteroatoms. The molecular weight excluding hydrogens is 276 g/mol. The van der Waals surface area contributed by atoms with Gasteiger partial charge >= 0.3 is 6.09 Å². The van der Waals surface area contributed by atoms with Crippen LogP contribution in [0.3, 0.4) is 0 Å². The zero-order chi connectivity index (χ0) is 16.0. The second kappa shape index (κ2) is 5.18. The second-order valence-corrected chi connectivity index (χ2v) is 7.51. The Labute approximate surface area is 133 Å². The summed E-state index contributed by atoms with van der Waals surface area (Å²) in [4.78, 5) is 16.1. The van der Waals surface area contributed by atoms with Crippen LogP contribution < -0.4 is 4.90 Å². The molecule has 120 valence electrons. The van der Waals surface area contributed by atoms with Crippen LogP contribution in [0.5, 0.6) is 0 Å². The molecule has 0 aromatic heterocycles. The number of hydrogen-bond acceptors (Lipinski definition) is 3. The molecule has 0 radical (unpaired) electrons. The fraction of sp³-hybridized carbons (Fsp3) is 0.611. The number of hydrogen-bond donors (Lipinski definition) is 0. The molecule has 4 nitrogen and oxygen atoms in total. The lowest BCUT2D eigenvalue weighted by Crippen LogP contribution is -2.49. The zero-order valence-corrected chi connectivity index (χ0v) is 14.1. The smallest absolute Gasteiger partial charge is 0.409 e. The Kier molecular flexibility index (Phi) is 3.58. The molecule has 0 saturated carbocycles. The van der Waals surface area contributed by atoms with E-state index in [2.05, 4.69) is 49.9 Å². The number of likely N-dealkylation sites (tertiary alicyclic amines) is 1. The van der Waals surface area contributed by atoms with E-state index >= 15 is 0 Å². The van der Waals surface area contributed by atoms with Crippen molar-refractivity contribution in [1.82, 2.24) is 4.90 Å². The van der Waals surface area contributed by atoms with Crippen LogP contribution in [0.25, 0.3) is 0 Å². The molecule has 3 rings (SSSR count). The largest absolute Gasteiger partial charge is 0.453 e. The van der Waals surface area contributed by atoms with Crippen molar-refractivity contribution in [2.75, 3.05) is 31.6 Å². The van der Waals surface area contributed by atoms with E-state index < -0.39 is 0 Å². The van der Waals surface area contributed by atoms with Crippen LogP contribution in [-0.2, 0) is 10.2 Å². The van der Waals surface area contributed by atoms with Crippen LogP contribution >= 0.6 is 0 Å². The Morgan fingerprint density at radius 2 is 1.82 bits per heavy atom. The third-order valence-electron chi connectivity index (χ3n) is 5.19. The normalized spacial score (nSPS) is 20.2. The third-order valence-corrected chi connectivity index (χ3v) is 5.19.